The van der Waals surface area contributed by atoms with Gasteiger partial charge in [0.25, 0.3) is 5.91 Å². The number of thiol groups is 1. The summed E-state index contributed by atoms with van der Waals surface area (Å²) in [6.07, 6.45) is 0.642. The van der Waals surface area contributed by atoms with Crippen molar-refractivity contribution in [3.8, 4) is 23.0 Å². The zero-order valence-electron chi connectivity index (χ0n) is 25.6. The fraction of sp³-hybridized carbons (Fsp3) is 0.633. The van der Waals surface area contributed by atoms with Crippen LogP contribution < -0.4 is 21.1 Å². The predicted octanol–water partition coefficient (Wildman–Crippen LogP) is 1.79. The van der Waals surface area contributed by atoms with Crippen molar-refractivity contribution in [2.75, 3.05) is 85.7 Å². The Balaban J connectivity index is 0.00000562. The Morgan fingerprint density at radius 3 is 2.28 bits per heavy atom. The molecule has 0 saturated carbocycles. The Morgan fingerprint density at radius 1 is 0.953 bits per heavy atom. The van der Waals surface area contributed by atoms with Crippen molar-refractivity contribution in [3.05, 3.63) is 29.8 Å². The van der Waals surface area contributed by atoms with Gasteiger partial charge in [0.2, 0.25) is 5.91 Å². The van der Waals surface area contributed by atoms with Gasteiger partial charge in [-0.05, 0) is 38.1 Å². The van der Waals surface area contributed by atoms with E-state index in [0.717, 1.165) is 6.42 Å². The van der Waals surface area contributed by atoms with Gasteiger partial charge in [0.15, 0.2) is 0 Å². The largest absolute Gasteiger partial charge is 0.491 e. The van der Waals surface area contributed by atoms with Gasteiger partial charge in [-0.15, -0.1) is 0 Å². The minimum Gasteiger partial charge on any atom is -0.491 e. The molecule has 1 rings (SSSR count). The first kappa shape index (κ1) is 40.1. The molecule has 0 fully saturated rings. The fourth-order valence-corrected chi connectivity index (χ4v) is 2.98. The van der Waals surface area contributed by atoms with Crippen LogP contribution in [0.25, 0.3) is 0 Å². The molecule has 2 amide bonds. The number of carbonyl (C=O) groups is 2. The number of benzene rings is 1. The van der Waals surface area contributed by atoms with Gasteiger partial charge < -0.3 is 44.8 Å². The number of carbonyl (C=O) groups excluding carboxylic acids is 2. The van der Waals surface area contributed by atoms with Crippen molar-refractivity contribution < 1.29 is 38.0 Å². The van der Waals surface area contributed by atoms with E-state index in [9.17, 15) is 9.59 Å². The number of thiocyanates is 1. The number of nitrogens with one attached hydrogen (secondary N) is 2. The molecule has 0 bridgehead atoms. The van der Waals surface area contributed by atoms with Gasteiger partial charge in [-0.1, -0.05) is 44.4 Å². The average Bonchev–Trinajstić information content (AvgIpc) is 2.99. The fourth-order valence-electron chi connectivity index (χ4n) is 2.98. The van der Waals surface area contributed by atoms with Crippen molar-refractivity contribution in [1.29, 1.82) is 5.26 Å². The van der Waals surface area contributed by atoms with Crippen LogP contribution in [-0.4, -0.2) is 104 Å². The van der Waals surface area contributed by atoms with Crippen LogP contribution in [-0.2, 0) is 28.5 Å². The van der Waals surface area contributed by atoms with Gasteiger partial charge in [-0.2, -0.15) is 5.26 Å². The van der Waals surface area contributed by atoms with E-state index in [-0.39, 0.29) is 37.0 Å². The molecule has 12 nitrogen and oxygen atoms in total. The van der Waals surface area contributed by atoms with Crippen LogP contribution in [0.2, 0.25) is 0 Å². The van der Waals surface area contributed by atoms with E-state index in [4.69, 9.17) is 39.4 Å². The Hall–Kier alpha value is -2.88. The lowest BCUT2D eigenvalue weighted by Crippen LogP contribution is -2.29. The molecule has 0 heterocycles. The lowest BCUT2D eigenvalue weighted by atomic mass is 10.2. The van der Waals surface area contributed by atoms with Crippen LogP contribution in [0.3, 0.4) is 0 Å². The molecule has 0 saturated heterocycles. The van der Waals surface area contributed by atoms with Gasteiger partial charge in [0.1, 0.15) is 24.4 Å². The van der Waals surface area contributed by atoms with E-state index in [1.54, 1.807) is 24.3 Å². The zero-order chi connectivity index (χ0) is 32.0. The molecule has 0 aromatic heterocycles. The molecule has 0 aliphatic rings. The smallest absolute Gasteiger partial charge is 0.251 e. The molecule has 4 N–H and O–H groups in total. The summed E-state index contributed by atoms with van der Waals surface area (Å²) >= 11 is 3.09. The minimum absolute atomic E-state index is 0.0426. The second-order valence-electron chi connectivity index (χ2n) is 9.16. The first-order valence-electron chi connectivity index (χ1n) is 14.3. The molecule has 1 unspecified atom stereocenters. The van der Waals surface area contributed by atoms with Crippen molar-refractivity contribution in [3.63, 3.8) is 0 Å². The standard InChI is InChI=1S/C29H47N3O8.CHNS/c1-24(2)7-5-11-31-28(33)23-38-19-20-39-25(3)22-40-27-9-4-8-26(21-27)29(34)32-12-14-36-16-18-37-17-15-35-13-6-10-30;2-1-3/h4,8-9,21,24-25H,6,10-20,22-23,30H2,1-3H3,(H,31,33)(H,32,34);3H. The molecule has 1 aromatic rings. The first-order chi connectivity index (χ1) is 20.8. The van der Waals surface area contributed by atoms with E-state index in [1.807, 2.05) is 20.8 Å². The Morgan fingerprint density at radius 2 is 1.60 bits per heavy atom. The normalized spacial score (nSPS) is 10.9. The van der Waals surface area contributed by atoms with Crippen molar-refractivity contribution in [1.82, 2.24) is 10.6 Å². The number of amides is 2. The van der Waals surface area contributed by atoms with Gasteiger partial charge in [-0.25, -0.2) is 0 Å². The summed E-state index contributed by atoms with van der Waals surface area (Å²) in [7, 11) is 0. The van der Waals surface area contributed by atoms with Gasteiger partial charge in [0, 0.05) is 24.6 Å². The number of hydrogen-bond acceptors (Lipinski definition) is 11. The highest BCUT2D eigenvalue weighted by atomic mass is 32.1. The van der Waals surface area contributed by atoms with E-state index >= 15 is 0 Å². The molecule has 0 aliphatic carbocycles. The van der Waals surface area contributed by atoms with E-state index in [0.29, 0.717) is 83.8 Å². The maximum atomic E-state index is 12.4. The number of ether oxygens (including phenoxy) is 6. The Bertz CT molecular complexity index is 965. The number of nitrogens with zero attached hydrogens (tertiary/aromatic N) is 1. The summed E-state index contributed by atoms with van der Waals surface area (Å²) in [5.74, 6) is 6.27. The van der Waals surface area contributed by atoms with E-state index < -0.39 is 0 Å². The van der Waals surface area contributed by atoms with E-state index in [1.165, 1.54) is 5.40 Å². The summed E-state index contributed by atoms with van der Waals surface area (Å²) in [5, 5.41) is 14.1. The van der Waals surface area contributed by atoms with Crippen LogP contribution in [0, 0.1) is 28.4 Å². The highest BCUT2D eigenvalue weighted by molar-refractivity contribution is 7.85. The van der Waals surface area contributed by atoms with Gasteiger partial charge >= 0.3 is 0 Å². The van der Waals surface area contributed by atoms with Crippen molar-refractivity contribution in [2.24, 2.45) is 11.7 Å². The quantitative estimate of drug-likeness (QED) is 0.0611. The van der Waals surface area contributed by atoms with Crippen molar-refractivity contribution in [2.45, 2.75) is 33.3 Å². The maximum Gasteiger partial charge on any atom is 0.251 e. The average molecular weight is 625 g/mol. The highest BCUT2D eigenvalue weighted by Gasteiger charge is 2.09. The monoisotopic (exact) mass is 624 g/mol. The first-order valence-corrected chi connectivity index (χ1v) is 14.7. The van der Waals surface area contributed by atoms with Crippen LogP contribution in [0.4, 0.5) is 0 Å². The third-order valence-electron chi connectivity index (χ3n) is 4.98. The summed E-state index contributed by atoms with van der Waals surface area (Å²) < 4.78 is 33.0. The number of hydrogen-bond donors (Lipinski definition) is 4. The molecule has 0 radical (unpaired) electrons. The topological polar surface area (TPSA) is 163 Å². The van der Waals surface area contributed by atoms with Gasteiger partial charge in [-0.3, -0.25) is 9.59 Å². The number of nitriles is 1. The van der Waals surface area contributed by atoms with Crippen LogP contribution in [0.5, 0.6) is 5.75 Å². The minimum atomic E-state index is -0.216. The molecule has 43 heavy (non-hydrogen) atoms. The summed E-state index contributed by atoms with van der Waals surface area (Å²) in [6.45, 7) is 11.0. The predicted molar refractivity (Wildman–Crippen MR) is 167 cm³/mol. The molecule has 242 valence electrons. The van der Waals surface area contributed by atoms with E-state index in [2.05, 4.69) is 35.1 Å². The molecular formula is C30H48N4O8S. The number of rotatable bonds is 23. The lowest BCUT2D eigenvalue weighted by molar-refractivity contribution is -0.126. The zero-order valence-corrected chi connectivity index (χ0v) is 26.5. The third kappa shape index (κ3) is 26.5. The molecule has 13 heteroatoms. The molecule has 0 spiro atoms. The SMILES string of the molecule is CC(C)C#CCNC(=O)COCCOC(C)COc1cccc(C(=O)NCCOCCOCCOCCCN)c1.N#CS. The van der Waals surface area contributed by atoms with Gasteiger partial charge in [0.05, 0.1) is 58.9 Å². The highest BCUT2D eigenvalue weighted by Crippen LogP contribution is 2.14. The Labute approximate surface area is 261 Å². The van der Waals surface area contributed by atoms with Crippen LogP contribution in [0.1, 0.15) is 37.6 Å². The van der Waals surface area contributed by atoms with Crippen molar-refractivity contribution >= 4 is 24.4 Å². The second kappa shape index (κ2) is 29.2. The molecule has 1 aromatic carbocycles. The maximum absolute atomic E-state index is 12.4. The number of nitrogens with two attached hydrogens (primary N) is 1. The molecule has 1 atom stereocenters. The summed E-state index contributed by atoms with van der Waals surface area (Å²) in [5.41, 5.74) is 5.89. The second-order valence-corrected chi connectivity index (χ2v) is 9.36. The third-order valence-corrected chi connectivity index (χ3v) is 4.98. The molecular weight excluding hydrogens is 576 g/mol. The van der Waals surface area contributed by atoms with Crippen LogP contribution in [0.15, 0.2) is 24.3 Å². The summed E-state index contributed by atoms with van der Waals surface area (Å²) in [6, 6.07) is 6.94. The van der Waals surface area contributed by atoms with Crippen LogP contribution >= 0.6 is 12.6 Å². The molecule has 0 aliphatic heterocycles. The summed E-state index contributed by atoms with van der Waals surface area (Å²) in [4.78, 5) is 24.1. The lowest BCUT2D eigenvalue weighted by Gasteiger charge is -2.15. The Kier molecular flexibility index (Phi) is 27.2.